The highest BCUT2D eigenvalue weighted by molar-refractivity contribution is 7.99. The van der Waals surface area contributed by atoms with Crippen molar-refractivity contribution < 1.29 is 9.18 Å². The van der Waals surface area contributed by atoms with Crippen molar-refractivity contribution in [3.8, 4) is 22.5 Å². The monoisotopic (exact) mass is 466 g/mol. The molecular weight excluding hydrogens is 451 g/mol. The van der Waals surface area contributed by atoms with E-state index in [1.165, 1.54) is 23.9 Å². The van der Waals surface area contributed by atoms with Crippen molar-refractivity contribution in [1.29, 1.82) is 0 Å². The molecule has 1 aromatic carbocycles. The van der Waals surface area contributed by atoms with Crippen molar-refractivity contribution in [1.82, 2.24) is 20.2 Å². The van der Waals surface area contributed by atoms with Crippen LogP contribution in [0.3, 0.4) is 0 Å². The molecular formula is C22H15FN4OS3. The minimum atomic E-state index is -0.370. The fourth-order valence-corrected chi connectivity index (χ4v) is 5.37. The fraction of sp³-hybridized carbons (Fsp3) is 0.0909. The summed E-state index contributed by atoms with van der Waals surface area (Å²) in [4.78, 5) is 20.8. The second-order valence-corrected chi connectivity index (χ2v) is 9.34. The molecule has 0 bridgehead atoms. The molecule has 0 radical (unpaired) electrons. The zero-order valence-corrected chi connectivity index (χ0v) is 18.7. The maximum absolute atomic E-state index is 13.7. The molecule has 0 aliphatic carbocycles. The van der Waals surface area contributed by atoms with Crippen LogP contribution in [0.5, 0.6) is 0 Å². The zero-order chi connectivity index (χ0) is 21.4. The van der Waals surface area contributed by atoms with Gasteiger partial charge in [0, 0.05) is 44.0 Å². The van der Waals surface area contributed by atoms with Crippen molar-refractivity contribution >= 4 is 51.1 Å². The van der Waals surface area contributed by atoms with Crippen LogP contribution in [0.15, 0.2) is 57.0 Å². The number of fused-ring (bicyclic) bond motifs is 1. The van der Waals surface area contributed by atoms with Gasteiger partial charge in [-0.3, -0.25) is 4.79 Å². The number of carbonyl (C=O) groups is 1. The average molecular weight is 467 g/mol. The van der Waals surface area contributed by atoms with Gasteiger partial charge < -0.3 is 4.98 Å². The highest BCUT2D eigenvalue weighted by atomic mass is 32.2. The number of carbonyl (C=O) groups excluding carboxylic acids is 1. The number of thiophene rings is 2. The van der Waals surface area contributed by atoms with Gasteiger partial charge in [0.15, 0.2) is 5.78 Å². The fourth-order valence-electron chi connectivity index (χ4n) is 3.43. The minimum absolute atomic E-state index is 0.109. The number of aromatic amines is 1. The Labute approximate surface area is 189 Å². The number of benzene rings is 1. The molecule has 0 unspecified atom stereocenters. The molecule has 31 heavy (non-hydrogen) atoms. The standard InChI is InChI=1S/C22H15FN4OS3/c1-12-19(16-8-15(23)2-3-17(16)24-12)18(28)11-31-22-25-20(13-4-6-29-9-13)21(26-27-22)14-5-7-30-10-14/h2-10,24H,11H2,1H3. The summed E-state index contributed by atoms with van der Waals surface area (Å²) in [6, 6.07) is 8.39. The molecule has 0 fully saturated rings. The Bertz CT molecular complexity index is 1380. The highest BCUT2D eigenvalue weighted by Crippen LogP contribution is 2.32. The Balaban J connectivity index is 1.44. The molecule has 0 spiro atoms. The number of Topliss-reactive ketones (excluding diaryl/α,β-unsaturated/α-hetero) is 1. The first-order chi connectivity index (χ1) is 15.1. The van der Waals surface area contributed by atoms with Gasteiger partial charge in [-0.15, -0.1) is 10.2 Å². The predicted molar refractivity (Wildman–Crippen MR) is 125 cm³/mol. The van der Waals surface area contributed by atoms with Crippen molar-refractivity contribution in [3.63, 3.8) is 0 Å². The molecule has 1 N–H and O–H groups in total. The smallest absolute Gasteiger partial charge is 0.210 e. The molecule has 0 aliphatic heterocycles. The molecule has 0 saturated carbocycles. The summed E-state index contributed by atoms with van der Waals surface area (Å²) in [5, 5.41) is 17.7. The summed E-state index contributed by atoms with van der Waals surface area (Å²) in [5.41, 5.74) is 5.37. The van der Waals surface area contributed by atoms with Crippen LogP contribution in [0.1, 0.15) is 16.1 Å². The summed E-state index contributed by atoms with van der Waals surface area (Å²) in [7, 11) is 0. The molecule has 5 aromatic rings. The first kappa shape index (κ1) is 20.0. The van der Waals surface area contributed by atoms with E-state index < -0.39 is 0 Å². The van der Waals surface area contributed by atoms with Gasteiger partial charge in [-0.25, -0.2) is 9.37 Å². The Morgan fingerprint density at radius 3 is 2.52 bits per heavy atom. The number of thioether (sulfide) groups is 1. The molecule has 9 heteroatoms. The third kappa shape index (κ3) is 3.91. The first-order valence-electron chi connectivity index (χ1n) is 9.34. The molecule has 0 amide bonds. The van der Waals surface area contributed by atoms with Crippen molar-refractivity contribution in [2.75, 3.05) is 5.75 Å². The van der Waals surface area contributed by atoms with Crippen molar-refractivity contribution in [2.24, 2.45) is 0 Å². The summed E-state index contributed by atoms with van der Waals surface area (Å²) >= 11 is 4.40. The van der Waals surface area contributed by atoms with Gasteiger partial charge in [-0.05, 0) is 48.0 Å². The average Bonchev–Trinajstić information content (AvgIpc) is 3.52. The third-order valence-corrected chi connectivity index (χ3v) is 7.02. The van der Waals surface area contributed by atoms with Crippen LogP contribution < -0.4 is 0 Å². The number of hydrogen-bond acceptors (Lipinski definition) is 7. The van der Waals surface area contributed by atoms with Crippen molar-refractivity contribution in [2.45, 2.75) is 12.1 Å². The molecule has 0 atom stereocenters. The van der Waals surface area contributed by atoms with E-state index in [2.05, 4.69) is 15.2 Å². The number of aryl methyl sites for hydroxylation is 1. The van der Waals surface area contributed by atoms with E-state index in [9.17, 15) is 9.18 Å². The van der Waals surface area contributed by atoms with Gasteiger partial charge in [0.1, 0.15) is 17.2 Å². The largest absolute Gasteiger partial charge is 0.358 e. The number of halogens is 1. The van der Waals surface area contributed by atoms with Gasteiger partial charge in [0.05, 0.1) is 5.75 Å². The third-order valence-electron chi connectivity index (χ3n) is 4.82. The molecule has 4 heterocycles. The maximum atomic E-state index is 13.7. The lowest BCUT2D eigenvalue weighted by atomic mass is 10.1. The van der Waals surface area contributed by atoms with Gasteiger partial charge in [-0.1, -0.05) is 11.8 Å². The van der Waals surface area contributed by atoms with E-state index in [1.807, 2.05) is 40.6 Å². The predicted octanol–water partition coefficient (Wildman–Crippen LogP) is 6.23. The molecule has 0 aliphatic rings. The van der Waals surface area contributed by atoms with E-state index >= 15 is 0 Å². The lowest BCUT2D eigenvalue weighted by Crippen LogP contribution is -2.05. The Morgan fingerprint density at radius 2 is 1.81 bits per heavy atom. The zero-order valence-electron chi connectivity index (χ0n) is 16.3. The van der Waals surface area contributed by atoms with E-state index in [4.69, 9.17) is 4.98 Å². The number of H-pyrrole nitrogens is 1. The van der Waals surface area contributed by atoms with E-state index in [-0.39, 0.29) is 17.4 Å². The van der Waals surface area contributed by atoms with E-state index in [0.29, 0.717) is 16.1 Å². The first-order valence-corrected chi connectivity index (χ1v) is 12.2. The number of nitrogens with zero attached hydrogens (tertiary/aromatic N) is 3. The highest BCUT2D eigenvalue weighted by Gasteiger charge is 2.19. The summed E-state index contributed by atoms with van der Waals surface area (Å²) in [6.45, 7) is 1.82. The van der Waals surface area contributed by atoms with Crippen LogP contribution in [-0.2, 0) is 0 Å². The van der Waals surface area contributed by atoms with Crippen LogP contribution in [0.25, 0.3) is 33.4 Å². The molecule has 5 rings (SSSR count). The quantitative estimate of drug-likeness (QED) is 0.237. The summed E-state index contributed by atoms with van der Waals surface area (Å²) in [5.74, 6) is -0.348. The molecule has 5 nitrogen and oxygen atoms in total. The Morgan fingerprint density at radius 1 is 1.06 bits per heavy atom. The maximum Gasteiger partial charge on any atom is 0.210 e. The number of nitrogens with one attached hydrogen (secondary N) is 1. The van der Waals surface area contributed by atoms with Gasteiger partial charge >= 0.3 is 0 Å². The minimum Gasteiger partial charge on any atom is -0.358 e. The molecule has 154 valence electrons. The second kappa shape index (κ2) is 8.33. The van der Waals surface area contributed by atoms with E-state index in [0.717, 1.165) is 33.7 Å². The normalized spacial score (nSPS) is 11.3. The molecule has 0 saturated heterocycles. The topological polar surface area (TPSA) is 71.5 Å². The van der Waals surface area contributed by atoms with Gasteiger partial charge in [0.25, 0.3) is 0 Å². The number of aromatic nitrogens is 4. The second-order valence-electron chi connectivity index (χ2n) is 6.84. The molecule has 4 aromatic heterocycles. The number of rotatable bonds is 6. The Hall–Kier alpha value is -2.88. The Kier molecular flexibility index (Phi) is 5.39. The number of ketones is 1. The lowest BCUT2D eigenvalue weighted by molar-refractivity contribution is 0.102. The van der Waals surface area contributed by atoms with Crippen LogP contribution in [0, 0.1) is 12.7 Å². The number of hydrogen-bond donors (Lipinski definition) is 1. The van der Waals surface area contributed by atoms with Gasteiger partial charge in [0.2, 0.25) is 5.16 Å². The summed E-state index contributed by atoms with van der Waals surface area (Å²) < 4.78 is 13.7. The van der Waals surface area contributed by atoms with Gasteiger partial charge in [-0.2, -0.15) is 22.7 Å². The van der Waals surface area contributed by atoms with Crippen LogP contribution in [0.4, 0.5) is 4.39 Å². The van der Waals surface area contributed by atoms with Crippen LogP contribution in [0.2, 0.25) is 0 Å². The SMILES string of the molecule is Cc1[nH]c2ccc(F)cc2c1C(=O)CSc1nnc(-c2ccsc2)c(-c2ccsc2)n1. The van der Waals surface area contributed by atoms with Crippen LogP contribution >= 0.6 is 34.4 Å². The van der Waals surface area contributed by atoms with Crippen molar-refractivity contribution in [3.05, 3.63) is 68.9 Å². The van der Waals surface area contributed by atoms with Crippen LogP contribution in [-0.4, -0.2) is 31.7 Å². The lowest BCUT2D eigenvalue weighted by Gasteiger charge is -2.07. The summed E-state index contributed by atoms with van der Waals surface area (Å²) in [6.07, 6.45) is 0. The van der Waals surface area contributed by atoms with E-state index in [1.54, 1.807) is 28.7 Å².